The van der Waals surface area contributed by atoms with Crippen LogP contribution in [0.25, 0.3) is 0 Å². The molecule has 45 heavy (non-hydrogen) atoms. The molecule has 15 heteroatoms. The molecule has 2 atom stereocenters. The SMILES string of the molecule is COc1cc(C(=O)N[C@H]2CC[C@H](O)CC2)ccc1Nc1ncc(C(F)(F)F)c(O[C@@H]2Cc3ccccc3[C@H]2N(C)S(C)(=O)=O)n1. The number of carbonyl (C=O) groups excluding carboxylic acids is 1. The van der Waals surface area contributed by atoms with Gasteiger partial charge in [0.2, 0.25) is 21.9 Å². The summed E-state index contributed by atoms with van der Waals surface area (Å²) in [6, 6.07) is 10.6. The summed E-state index contributed by atoms with van der Waals surface area (Å²) in [6.45, 7) is 0. The molecule has 2 aliphatic rings. The van der Waals surface area contributed by atoms with E-state index in [9.17, 15) is 31.5 Å². The summed E-state index contributed by atoms with van der Waals surface area (Å²) in [5, 5.41) is 15.5. The molecule has 0 aliphatic heterocycles. The molecular formula is C30H34F3N5O6S. The number of anilines is 2. The number of nitrogens with zero attached hydrogens (tertiary/aromatic N) is 3. The average molecular weight is 650 g/mol. The number of aliphatic hydroxyl groups is 1. The molecule has 1 aromatic heterocycles. The first kappa shape index (κ1) is 32.4. The number of rotatable bonds is 9. The lowest BCUT2D eigenvalue weighted by atomic mass is 9.93. The van der Waals surface area contributed by atoms with Crippen molar-refractivity contribution in [3.05, 3.63) is 70.9 Å². The Hall–Kier alpha value is -3.95. The van der Waals surface area contributed by atoms with Gasteiger partial charge < -0.3 is 25.2 Å². The zero-order valence-electron chi connectivity index (χ0n) is 24.8. The lowest BCUT2D eigenvalue weighted by molar-refractivity contribution is -0.140. The number of alkyl halides is 3. The van der Waals surface area contributed by atoms with Crippen molar-refractivity contribution < 1.29 is 41.0 Å². The van der Waals surface area contributed by atoms with E-state index in [1.54, 1.807) is 24.3 Å². The van der Waals surface area contributed by atoms with E-state index in [0.29, 0.717) is 43.0 Å². The maximum atomic E-state index is 14.1. The molecule has 3 aromatic rings. The molecule has 1 fully saturated rings. The molecule has 2 aromatic carbocycles. The number of aliphatic hydroxyl groups excluding tert-OH is 1. The van der Waals surface area contributed by atoms with Crippen molar-refractivity contribution >= 4 is 27.6 Å². The molecule has 0 spiro atoms. The van der Waals surface area contributed by atoms with E-state index in [0.717, 1.165) is 16.1 Å². The lowest BCUT2D eigenvalue weighted by Gasteiger charge is -2.29. The summed E-state index contributed by atoms with van der Waals surface area (Å²) in [4.78, 5) is 20.7. The normalized spacial score (nSPS) is 21.7. The zero-order chi connectivity index (χ0) is 32.5. The number of hydrogen-bond acceptors (Lipinski definition) is 9. The van der Waals surface area contributed by atoms with Gasteiger partial charge in [0, 0.05) is 31.3 Å². The summed E-state index contributed by atoms with van der Waals surface area (Å²) in [5.74, 6) is -1.11. The number of nitrogens with one attached hydrogen (secondary N) is 2. The van der Waals surface area contributed by atoms with Crippen LogP contribution in [0.4, 0.5) is 24.8 Å². The standard InChI is InChI=1S/C30H34F3N5O6S/c1-38(45(3,41)42)26-21-7-5-4-6-17(21)14-25(26)44-28-22(30(31,32)33)16-34-29(37-28)36-23-13-8-18(15-24(23)43-2)27(40)35-19-9-11-20(39)12-10-19/h4-8,13,15-16,19-20,25-26,39H,9-12,14H2,1-3H3,(H,35,40)(H,34,36,37)/t19-,20-,25-,26-/m1/s1. The Morgan fingerprint density at radius 1 is 1.11 bits per heavy atom. The molecule has 0 saturated heterocycles. The number of halogens is 3. The van der Waals surface area contributed by atoms with Gasteiger partial charge in [-0.1, -0.05) is 24.3 Å². The molecule has 1 saturated carbocycles. The topological polar surface area (TPSA) is 143 Å². The molecular weight excluding hydrogens is 615 g/mol. The Morgan fingerprint density at radius 2 is 1.82 bits per heavy atom. The van der Waals surface area contributed by atoms with Gasteiger partial charge in [0.1, 0.15) is 17.4 Å². The van der Waals surface area contributed by atoms with Gasteiger partial charge in [-0.3, -0.25) is 4.79 Å². The third-order valence-electron chi connectivity index (χ3n) is 8.13. The number of amides is 1. The second kappa shape index (κ2) is 12.8. The van der Waals surface area contributed by atoms with Crippen molar-refractivity contribution in [2.24, 2.45) is 0 Å². The average Bonchev–Trinajstić information content (AvgIpc) is 3.34. The van der Waals surface area contributed by atoms with Crippen molar-refractivity contribution in [2.45, 2.75) is 62.6 Å². The molecule has 11 nitrogen and oxygen atoms in total. The molecule has 242 valence electrons. The summed E-state index contributed by atoms with van der Waals surface area (Å²) in [5.41, 5.74) is 0.746. The second-order valence-corrected chi connectivity index (χ2v) is 13.3. The van der Waals surface area contributed by atoms with Crippen LogP contribution in [0.3, 0.4) is 0 Å². The maximum absolute atomic E-state index is 14.1. The number of fused-ring (bicyclic) bond motifs is 1. The number of sulfonamides is 1. The molecule has 0 unspecified atom stereocenters. The summed E-state index contributed by atoms with van der Waals surface area (Å²) >= 11 is 0. The minimum atomic E-state index is -4.86. The van der Waals surface area contributed by atoms with Gasteiger partial charge in [-0.25, -0.2) is 13.4 Å². The van der Waals surface area contributed by atoms with Crippen LogP contribution in [0, 0.1) is 0 Å². The zero-order valence-corrected chi connectivity index (χ0v) is 25.7. The van der Waals surface area contributed by atoms with Gasteiger partial charge in [0.25, 0.3) is 5.91 Å². The van der Waals surface area contributed by atoms with Crippen LogP contribution in [-0.4, -0.2) is 72.4 Å². The molecule has 0 bridgehead atoms. The van der Waals surface area contributed by atoms with Crippen LogP contribution in [0.15, 0.2) is 48.7 Å². The van der Waals surface area contributed by atoms with Gasteiger partial charge in [-0.05, 0) is 55.0 Å². The van der Waals surface area contributed by atoms with Crippen LogP contribution in [0.5, 0.6) is 11.6 Å². The second-order valence-electron chi connectivity index (χ2n) is 11.2. The highest BCUT2D eigenvalue weighted by Crippen LogP contribution is 2.42. The van der Waals surface area contributed by atoms with Gasteiger partial charge >= 0.3 is 6.18 Å². The largest absolute Gasteiger partial charge is 0.495 e. The molecule has 1 amide bonds. The summed E-state index contributed by atoms with van der Waals surface area (Å²) < 4.78 is 79.5. The van der Waals surface area contributed by atoms with Crippen LogP contribution in [0.2, 0.25) is 0 Å². The Balaban J connectivity index is 1.40. The fourth-order valence-corrected chi connectivity index (χ4v) is 6.34. The lowest BCUT2D eigenvalue weighted by Crippen LogP contribution is -2.38. The first-order chi connectivity index (χ1) is 21.2. The van der Waals surface area contributed by atoms with E-state index < -0.39 is 39.8 Å². The Morgan fingerprint density at radius 3 is 2.49 bits per heavy atom. The van der Waals surface area contributed by atoms with Crippen molar-refractivity contribution in [3.63, 3.8) is 0 Å². The van der Waals surface area contributed by atoms with Crippen molar-refractivity contribution in [1.29, 1.82) is 0 Å². The van der Waals surface area contributed by atoms with Crippen molar-refractivity contribution in [1.82, 2.24) is 19.6 Å². The van der Waals surface area contributed by atoms with E-state index in [1.165, 1.54) is 32.4 Å². The van der Waals surface area contributed by atoms with E-state index in [4.69, 9.17) is 9.47 Å². The smallest absolute Gasteiger partial charge is 0.423 e. The van der Waals surface area contributed by atoms with Crippen LogP contribution in [0.1, 0.15) is 58.8 Å². The third kappa shape index (κ3) is 7.31. The minimum Gasteiger partial charge on any atom is -0.495 e. The molecule has 3 N–H and O–H groups in total. The minimum absolute atomic E-state index is 0.0619. The highest BCUT2D eigenvalue weighted by molar-refractivity contribution is 7.88. The maximum Gasteiger partial charge on any atom is 0.423 e. The first-order valence-electron chi connectivity index (χ1n) is 14.3. The fraction of sp³-hybridized carbons (Fsp3) is 0.433. The molecule has 5 rings (SSSR count). The number of ether oxygens (including phenoxy) is 2. The molecule has 2 aliphatic carbocycles. The molecule has 1 heterocycles. The molecule has 0 radical (unpaired) electrons. The van der Waals surface area contributed by atoms with Crippen LogP contribution < -0.4 is 20.1 Å². The number of aromatic nitrogens is 2. The van der Waals surface area contributed by atoms with Gasteiger partial charge in [0.15, 0.2) is 0 Å². The van der Waals surface area contributed by atoms with E-state index >= 15 is 0 Å². The summed E-state index contributed by atoms with van der Waals surface area (Å²) in [7, 11) is -1.01. The number of methoxy groups -OCH3 is 1. The number of benzene rings is 2. The third-order valence-corrected chi connectivity index (χ3v) is 9.40. The highest BCUT2D eigenvalue weighted by atomic mass is 32.2. The highest BCUT2D eigenvalue weighted by Gasteiger charge is 2.43. The Labute approximate surface area is 258 Å². The van der Waals surface area contributed by atoms with E-state index in [2.05, 4.69) is 20.6 Å². The first-order valence-corrected chi connectivity index (χ1v) is 16.1. The van der Waals surface area contributed by atoms with E-state index in [1.807, 2.05) is 0 Å². The monoisotopic (exact) mass is 649 g/mol. The van der Waals surface area contributed by atoms with Crippen molar-refractivity contribution in [3.8, 4) is 11.6 Å². The number of likely N-dealkylation sites (N-methyl/N-ethyl adjacent to an activating group) is 1. The van der Waals surface area contributed by atoms with Gasteiger partial charge in [-0.2, -0.15) is 22.5 Å². The van der Waals surface area contributed by atoms with Gasteiger partial charge in [0.05, 0.1) is 31.2 Å². The summed E-state index contributed by atoms with van der Waals surface area (Å²) in [6.07, 6.45) is -1.91. The quantitative estimate of drug-likeness (QED) is 0.311. The Kier molecular flexibility index (Phi) is 9.23. The van der Waals surface area contributed by atoms with Crippen molar-refractivity contribution in [2.75, 3.05) is 25.7 Å². The fourth-order valence-electron chi connectivity index (χ4n) is 5.68. The number of carbonyl (C=O) groups is 1. The van der Waals surface area contributed by atoms with E-state index in [-0.39, 0.29) is 41.9 Å². The predicted octanol–water partition coefficient (Wildman–Crippen LogP) is 4.22. The van der Waals surface area contributed by atoms with Crippen LogP contribution >= 0.6 is 0 Å². The van der Waals surface area contributed by atoms with Gasteiger partial charge in [-0.15, -0.1) is 0 Å². The number of hydrogen-bond donors (Lipinski definition) is 3. The predicted molar refractivity (Wildman–Crippen MR) is 159 cm³/mol. The Bertz CT molecular complexity index is 1660. The van der Waals surface area contributed by atoms with Crippen LogP contribution in [-0.2, 0) is 22.6 Å².